The van der Waals surface area contributed by atoms with Crippen molar-refractivity contribution in [3.05, 3.63) is 29.8 Å². The number of hydrogen-bond donors (Lipinski definition) is 12. The number of carbonyl (C=O) groups is 12. The van der Waals surface area contributed by atoms with E-state index in [1.807, 2.05) is 0 Å². The lowest BCUT2D eigenvalue weighted by Gasteiger charge is -2.31. The van der Waals surface area contributed by atoms with E-state index in [4.69, 9.17) is 17.2 Å². The van der Waals surface area contributed by atoms with Crippen LogP contribution in [0.5, 0.6) is 5.75 Å². The zero-order chi connectivity index (χ0) is 52.4. The van der Waals surface area contributed by atoms with Crippen LogP contribution < -0.4 is 59.7 Å². The van der Waals surface area contributed by atoms with Crippen LogP contribution in [0.4, 0.5) is 0 Å². The molecule has 9 atom stereocenters. The second-order valence-corrected chi connectivity index (χ2v) is 18.1. The van der Waals surface area contributed by atoms with Gasteiger partial charge in [0, 0.05) is 25.8 Å². The van der Waals surface area contributed by atoms with Crippen LogP contribution in [0.1, 0.15) is 98.0 Å². The van der Waals surface area contributed by atoms with Gasteiger partial charge in [-0.15, -0.1) is 0 Å². The number of rotatable bonds is 17. The second-order valence-electron chi connectivity index (χ2n) is 18.1. The summed E-state index contributed by atoms with van der Waals surface area (Å²) in [6, 6.07) is -5.71. The molecule has 0 saturated carbocycles. The molecule has 2 saturated heterocycles. The minimum atomic E-state index is -1.82. The van der Waals surface area contributed by atoms with Crippen LogP contribution in [-0.4, -0.2) is 142 Å². The lowest BCUT2D eigenvalue weighted by Crippen LogP contribution is -2.61. The minimum Gasteiger partial charge on any atom is -0.508 e. The molecule has 25 heteroatoms. The predicted molar refractivity (Wildman–Crippen MR) is 248 cm³/mol. The Morgan fingerprint density at radius 1 is 0.757 bits per heavy atom. The topological polar surface area (TPSA) is 403 Å². The summed E-state index contributed by atoms with van der Waals surface area (Å²) in [5.41, 5.74) is 16.6. The molecule has 386 valence electrons. The second kappa shape index (κ2) is 27.0. The molecule has 0 unspecified atom stereocenters. The van der Waals surface area contributed by atoms with Crippen LogP contribution in [0, 0.1) is 11.8 Å². The highest BCUT2D eigenvalue weighted by atomic mass is 16.3. The highest BCUT2D eigenvalue weighted by Crippen LogP contribution is 2.21. The normalized spacial score (nSPS) is 24.0. The van der Waals surface area contributed by atoms with Crippen LogP contribution >= 0.6 is 0 Å². The van der Waals surface area contributed by atoms with Crippen molar-refractivity contribution in [1.29, 1.82) is 0 Å². The molecule has 2 heterocycles. The van der Waals surface area contributed by atoms with E-state index in [2.05, 4.69) is 42.5 Å². The van der Waals surface area contributed by atoms with E-state index in [9.17, 15) is 62.6 Å². The molecule has 0 spiro atoms. The first-order valence-electron chi connectivity index (χ1n) is 23.2. The van der Waals surface area contributed by atoms with E-state index in [1.54, 1.807) is 27.7 Å². The quantitative estimate of drug-likeness (QED) is 0.0709. The average molecular weight is 985 g/mol. The molecule has 1 aromatic carbocycles. The highest BCUT2D eigenvalue weighted by Gasteiger charge is 2.41. The largest absolute Gasteiger partial charge is 0.508 e. The van der Waals surface area contributed by atoms with Gasteiger partial charge in [-0.25, -0.2) is 0 Å². The molecule has 12 amide bonds. The molecule has 70 heavy (non-hydrogen) atoms. The van der Waals surface area contributed by atoms with E-state index in [1.165, 1.54) is 31.2 Å². The molecular formula is C45H68N12O13. The number of primary amides is 3. The monoisotopic (exact) mass is 985 g/mol. The third-order valence-electron chi connectivity index (χ3n) is 11.8. The SMILES string of the molecule is CC[C@H](C)[C@@H]1NC(=O)[C@H](Cc2ccc(O)cc2)NC(=O)[C@H](C)NC(=O)CC[C@@H](C(=O)N2CCC[C@H]2C(=O)N[C@@H](CC(C)C)C(=O)NCC(N)=O)NC(=O)[C@H](CC(N)=O)NC(=O)[C@H](CCC(N)=O)NC1=O. The molecule has 25 nitrogen and oxygen atoms in total. The molecule has 0 bridgehead atoms. The van der Waals surface area contributed by atoms with Gasteiger partial charge < -0.3 is 69.7 Å². The maximum atomic E-state index is 14.5. The molecule has 1 aromatic rings. The summed E-state index contributed by atoms with van der Waals surface area (Å²) < 4.78 is 0. The third kappa shape index (κ3) is 18.0. The summed E-state index contributed by atoms with van der Waals surface area (Å²) in [5.74, 6) is -11.5. The van der Waals surface area contributed by atoms with Gasteiger partial charge in [-0.1, -0.05) is 46.2 Å². The first-order valence-corrected chi connectivity index (χ1v) is 23.2. The molecule has 0 aliphatic carbocycles. The number of aromatic hydroxyl groups is 1. The molecule has 15 N–H and O–H groups in total. The number of nitrogens with two attached hydrogens (primary N) is 3. The van der Waals surface area contributed by atoms with Gasteiger partial charge in [0.1, 0.15) is 54.1 Å². The maximum absolute atomic E-state index is 14.5. The Bertz CT molecular complexity index is 2120. The first-order chi connectivity index (χ1) is 32.9. The summed E-state index contributed by atoms with van der Waals surface area (Å²) >= 11 is 0. The third-order valence-corrected chi connectivity index (χ3v) is 11.8. The fraction of sp³-hybridized carbons (Fsp3) is 0.600. The van der Waals surface area contributed by atoms with Crippen molar-refractivity contribution in [2.45, 2.75) is 147 Å². The van der Waals surface area contributed by atoms with Crippen LogP contribution in [0.2, 0.25) is 0 Å². The van der Waals surface area contributed by atoms with E-state index < -0.39 is 164 Å². The van der Waals surface area contributed by atoms with E-state index >= 15 is 0 Å². The standard InChI is InChI=1S/C45H68N12O13/c1-6-23(4)37-44(69)51-27(13-15-33(46)59)40(65)54-31(20-34(47)60)41(66)52-28(45(70)57-17-7-8-32(57)43(68)55-29(18-22(2)3)39(64)49-21-35(48)61)14-16-36(62)50-24(5)38(63)53-30(42(67)56-37)19-25-9-11-26(58)12-10-25/h9-12,22-24,27-32,37,58H,6-8,13-21H2,1-5H3,(H2,46,59)(H2,47,60)(H2,48,61)(H,49,64)(H,50,62)(H,51,69)(H,52,66)(H,53,63)(H,54,65)(H,55,68)(H,56,67)/t23-,24-,27-,28-,29-,30-,31-,32-,37-/m0/s1. The summed E-state index contributed by atoms with van der Waals surface area (Å²) in [6.45, 7) is 7.76. The zero-order valence-corrected chi connectivity index (χ0v) is 40.1. The number of likely N-dealkylation sites (tertiary alicyclic amines) is 1. The number of amides is 12. The Labute approximate surface area is 405 Å². The maximum Gasteiger partial charge on any atom is 0.245 e. The van der Waals surface area contributed by atoms with Crippen molar-refractivity contribution in [1.82, 2.24) is 47.4 Å². The number of phenols is 1. The van der Waals surface area contributed by atoms with Crippen LogP contribution in [0.25, 0.3) is 0 Å². The molecule has 2 aliphatic rings. The molecule has 3 rings (SSSR count). The summed E-state index contributed by atoms with van der Waals surface area (Å²) in [4.78, 5) is 162. The molecule has 2 aliphatic heterocycles. The van der Waals surface area contributed by atoms with Gasteiger partial charge in [0.15, 0.2) is 0 Å². The summed E-state index contributed by atoms with van der Waals surface area (Å²) in [7, 11) is 0. The van der Waals surface area contributed by atoms with Gasteiger partial charge in [-0.2, -0.15) is 0 Å². The van der Waals surface area contributed by atoms with Crippen molar-refractivity contribution in [3.8, 4) is 5.75 Å². The van der Waals surface area contributed by atoms with Crippen molar-refractivity contribution >= 4 is 70.9 Å². The molecular weight excluding hydrogens is 917 g/mol. The molecule has 0 aromatic heterocycles. The number of carbonyl (C=O) groups excluding carboxylic acids is 12. The van der Waals surface area contributed by atoms with Crippen molar-refractivity contribution in [2.75, 3.05) is 13.1 Å². The summed E-state index contributed by atoms with van der Waals surface area (Å²) in [6.07, 6.45) is -2.01. The Hall–Kier alpha value is -7.34. The lowest BCUT2D eigenvalue weighted by molar-refractivity contribution is -0.143. The van der Waals surface area contributed by atoms with Gasteiger partial charge >= 0.3 is 0 Å². The van der Waals surface area contributed by atoms with Crippen LogP contribution in [-0.2, 0) is 64.0 Å². The lowest BCUT2D eigenvalue weighted by atomic mass is 9.96. The average Bonchev–Trinajstić information content (AvgIpc) is 3.79. The molecule has 2 fully saturated rings. The Morgan fingerprint density at radius 3 is 1.97 bits per heavy atom. The number of nitrogens with one attached hydrogen (secondary N) is 8. The summed E-state index contributed by atoms with van der Waals surface area (Å²) in [5, 5.41) is 29.9. The van der Waals surface area contributed by atoms with Crippen molar-refractivity contribution in [3.63, 3.8) is 0 Å². The van der Waals surface area contributed by atoms with Gasteiger partial charge in [0.25, 0.3) is 0 Å². The Morgan fingerprint density at radius 2 is 1.37 bits per heavy atom. The van der Waals surface area contributed by atoms with Crippen LogP contribution in [0.3, 0.4) is 0 Å². The smallest absolute Gasteiger partial charge is 0.245 e. The van der Waals surface area contributed by atoms with Gasteiger partial charge in [0.2, 0.25) is 70.9 Å². The van der Waals surface area contributed by atoms with Crippen molar-refractivity contribution in [2.24, 2.45) is 29.0 Å². The first kappa shape index (κ1) is 57.0. The van der Waals surface area contributed by atoms with Gasteiger partial charge in [-0.05, 0) is 68.6 Å². The highest BCUT2D eigenvalue weighted by molar-refractivity contribution is 6.00. The van der Waals surface area contributed by atoms with Gasteiger partial charge in [0.05, 0.1) is 13.0 Å². The number of phenolic OH excluding ortho intramolecular Hbond substituents is 1. The fourth-order valence-corrected chi connectivity index (χ4v) is 7.79. The number of benzene rings is 1. The Kier molecular flexibility index (Phi) is 22.0. The van der Waals surface area contributed by atoms with E-state index in [0.29, 0.717) is 18.4 Å². The number of nitrogens with zero attached hydrogens (tertiary/aromatic N) is 1. The zero-order valence-electron chi connectivity index (χ0n) is 40.1. The van der Waals surface area contributed by atoms with E-state index in [-0.39, 0.29) is 37.5 Å². The Balaban J connectivity index is 2.09. The van der Waals surface area contributed by atoms with Gasteiger partial charge in [-0.3, -0.25) is 57.5 Å². The van der Waals surface area contributed by atoms with Crippen molar-refractivity contribution < 1.29 is 62.6 Å². The van der Waals surface area contributed by atoms with Crippen LogP contribution in [0.15, 0.2) is 24.3 Å². The predicted octanol–water partition coefficient (Wildman–Crippen LogP) is -4.03. The molecule has 0 radical (unpaired) electrons. The fourth-order valence-electron chi connectivity index (χ4n) is 7.79. The van der Waals surface area contributed by atoms with E-state index in [0.717, 1.165) is 4.90 Å². The number of hydrogen-bond acceptors (Lipinski definition) is 13. The minimum absolute atomic E-state index is 0.0192.